The number of hydrogen-bond donors (Lipinski definition) is 1. The van der Waals surface area contributed by atoms with Gasteiger partial charge in [0.2, 0.25) is 11.8 Å². The van der Waals surface area contributed by atoms with Crippen molar-refractivity contribution in [3.63, 3.8) is 0 Å². The monoisotopic (exact) mass is 442 g/mol. The zero-order valence-electron chi connectivity index (χ0n) is 18.0. The van der Waals surface area contributed by atoms with Gasteiger partial charge in [-0.05, 0) is 54.3 Å². The summed E-state index contributed by atoms with van der Waals surface area (Å²) in [6.07, 6.45) is 4.48. The van der Waals surface area contributed by atoms with Crippen molar-refractivity contribution in [3.8, 4) is 11.5 Å². The van der Waals surface area contributed by atoms with Crippen molar-refractivity contribution < 1.29 is 19.1 Å². The Morgan fingerprint density at radius 3 is 2.71 bits per heavy atom. The molecule has 0 unspecified atom stereocenters. The van der Waals surface area contributed by atoms with Gasteiger partial charge < -0.3 is 19.7 Å². The van der Waals surface area contributed by atoms with Crippen LogP contribution in [0.3, 0.4) is 0 Å². The van der Waals surface area contributed by atoms with E-state index >= 15 is 0 Å². The van der Waals surface area contributed by atoms with Gasteiger partial charge in [-0.2, -0.15) is 0 Å². The van der Waals surface area contributed by atoms with Crippen molar-refractivity contribution in [2.45, 2.75) is 26.7 Å². The number of carbonyl (C=O) groups is 2. The number of benzene rings is 2. The third kappa shape index (κ3) is 6.01. The second-order valence-corrected chi connectivity index (χ2v) is 8.16. The van der Waals surface area contributed by atoms with Gasteiger partial charge in [0.05, 0.1) is 24.4 Å². The van der Waals surface area contributed by atoms with Crippen LogP contribution in [0.25, 0.3) is 6.08 Å². The minimum Gasteiger partial charge on any atom is -0.493 e. The minimum atomic E-state index is -0.328. The zero-order chi connectivity index (χ0) is 22.4. The van der Waals surface area contributed by atoms with E-state index in [1.54, 1.807) is 36.3 Å². The summed E-state index contributed by atoms with van der Waals surface area (Å²) in [6, 6.07) is 10.7. The topological polar surface area (TPSA) is 67.9 Å². The molecule has 3 rings (SSSR count). The van der Waals surface area contributed by atoms with Crippen LogP contribution >= 0.6 is 11.6 Å². The molecular weight excluding hydrogens is 416 g/mol. The first-order chi connectivity index (χ1) is 14.9. The van der Waals surface area contributed by atoms with Crippen LogP contribution in [-0.4, -0.2) is 32.1 Å². The molecule has 7 heteroatoms. The van der Waals surface area contributed by atoms with Crippen molar-refractivity contribution >= 4 is 40.9 Å². The Morgan fingerprint density at radius 2 is 2.03 bits per heavy atom. The SMILES string of the molecule is COc1cc(/C=C/C(=O)Nc2cc(N3CCCC3=O)ccc2Cl)ccc1OCC(C)C. The van der Waals surface area contributed by atoms with Crippen LogP contribution in [-0.2, 0) is 9.59 Å². The summed E-state index contributed by atoms with van der Waals surface area (Å²) in [4.78, 5) is 26.1. The molecule has 164 valence electrons. The predicted octanol–water partition coefficient (Wildman–Crippen LogP) is 5.16. The molecule has 1 aliphatic rings. The highest BCUT2D eigenvalue weighted by molar-refractivity contribution is 6.34. The largest absolute Gasteiger partial charge is 0.493 e. The van der Waals surface area contributed by atoms with E-state index in [0.717, 1.165) is 17.7 Å². The van der Waals surface area contributed by atoms with Crippen molar-refractivity contribution in [3.05, 3.63) is 53.1 Å². The predicted molar refractivity (Wildman–Crippen MR) is 124 cm³/mol. The smallest absolute Gasteiger partial charge is 0.248 e. The van der Waals surface area contributed by atoms with Gasteiger partial charge in [-0.15, -0.1) is 0 Å². The van der Waals surface area contributed by atoms with Crippen LogP contribution < -0.4 is 19.7 Å². The molecule has 1 saturated heterocycles. The van der Waals surface area contributed by atoms with Crippen molar-refractivity contribution in [1.29, 1.82) is 0 Å². The molecule has 0 atom stereocenters. The number of nitrogens with one attached hydrogen (secondary N) is 1. The second kappa shape index (κ2) is 10.4. The normalized spacial score (nSPS) is 13.8. The highest BCUT2D eigenvalue weighted by Gasteiger charge is 2.22. The van der Waals surface area contributed by atoms with Crippen LogP contribution in [0.5, 0.6) is 11.5 Å². The fourth-order valence-corrected chi connectivity index (χ4v) is 3.37. The molecule has 6 nitrogen and oxygen atoms in total. The Balaban J connectivity index is 1.68. The Kier molecular flexibility index (Phi) is 7.58. The van der Waals surface area contributed by atoms with Gasteiger partial charge in [0.1, 0.15) is 0 Å². The number of nitrogens with zero attached hydrogens (tertiary/aromatic N) is 1. The van der Waals surface area contributed by atoms with E-state index in [4.69, 9.17) is 21.1 Å². The molecule has 0 radical (unpaired) electrons. The summed E-state index contributed by atoms with van der Waals surface area (Å²) in [6.45, 7) is 5.42. The van der Waals surface area contributed by atoms with Crippen molar-refractivity contribution in [2.75, 3.05) is 30.5 Å². The maximum absolute atomic E-state index is 12.4. The lowest BCUT2D eigenvalue weighted by Gasteiger charge is -2.17. The van der Waals surface area contributed by atoms with Gasteiger partial charge in [-0.3, -0.25) is 9.59 Å². The molecule has 1 heterocycles. The molecule has 1 aliphatic heterocycles. The maximum Gasteiger partial charge on any atom is 0.248 e. The molecule has 0 spiro atoms. The number of carbonyl (C=O) groups excluding carboxylic acids is 2. The van der Waals surface area contributed by atoms with Gasteiger partial charge in [0.25, 0.3) is 0 Å². The molecule has 2 aromatic carbocycles. The van der Waals surface area contributed by atoms with E-state index < -0.39 is 0 Å². The Labute approximate surface area is 187 Å². The second-order valence-electron chi connectivity index (χ2n) is 7.75. The van der Waals surface area contributed by atoms with E-state index in [-0.39, 0.29) is 11.8 Å². The highest BCUT2D eigenvalue weighted by atomic mass is 35.5. The molecule has 2 aromatic rings. The van der Waals surface area contributed by atoms with Crippen LogP contribution in [0.2, 0.25) is 5.02 Å². The van der Waals surface area contributed by atoms with Crippen LogP contribution in [0.1, 0.15) is 32.3 Å². The molecule has 1 fully saturated rings. The van der Waals surface area contributed by atoms with Gasteiger partial charge in [0.15, 0.2) is 11.5 Å². The third-order valence-electron chi connectivity index (χ3n) is 4.78. The number of ether oxygens (including phenoxy) is 2. The maximum atomic E-state index is 12.4. The Hall–Kier alpha value is -2.99. The average Bonchev–Trinajstić information content (AvgIpc) is 3.18. The van der Waals surface area contributed by atoms with Crippen LogP contribution in [0.15, 0.2) is 42.5 Å². The summed E-state index contributed by atoms with van der Waals surface area (Å²) in [5.41, 5.74) is 1.99. The number of anilines is 2. The summed E-state index contributed by atoms with van der Waals surface area (Å²) < 4.78 is 11.2. The lowest BCUT2D eigenvalue weighted by molar-refractivity contribution is -0.117. The molecule has 2 amide bonds. The van der Waals surface area contributed by atoms with Gasteiger partial charge in [0, 0.05) is 24.7 Å². The van der Waals surface area contributed by atoms with Crippen molar-refractivity contribution in [1.82, 2.24) is 0 Å². The molecule has 0 aliphatic carbocycles. The molecule has 0 saturated carbocycles. The molecular formula is C24H27ClN2O4. The summed E-state index contributed by atoms with van der Waals surface area (Å²) in [5, 5.41) is 3.19. The van der Waals surface area contributed by atoms with Gasteiger partial charge in [-0.25, -0.2) is 0 Å². The Morgan fingerprint density at radius 1 is 1.23 bits per heavy atom. The number of halogens is 1. The minimum absolute atomic E-state index is 0.0780. The van der Waals surface area contributed by atoms with E-state index in [0.29, 0.717) is 47.7 Å². The lowest BCUT2D eigenvalue weighted by Crippen LogP contribution is -2.23. The third-order valence-corrected chi connectivity index (χ3v) is 5.11. The van der Waals surface area contributed by atoms with Crippen LogP contribution in [0.4, 0.5) is 11.4 Å². The molecule has 31 heavy (non-hydrogen) atoms. The number of amides is 2. The standard InChI is InChI=1S/C24H27ClN2O4/c1-16(2)15-31-21-10-6-17(13-22(21)30-3)7-11-23(28)26-20-14-18(8-9-19(20)25)27-12-4-5-24(27)29/h6-11,13-14,16H,4-5,12,15H2,1-3H3,(H,26,28)/b11-7+. The molecule has 0 bridgehead atoms. The van der Waals surface area contributed by atoms with Crippen LogP contribution in [0, 0.1) is 5.92 Å². The van der Waals surface area contributed by atoms with E-state index in [1.807, 2.05) is 18.2 Å². The summed E-state index contributed by atoms with van der Waals surface area (Å²) >= 11 is 6.24. The number of rotatable bonds is 8. The fraction of sp³-hybridized carbons (Fsp3) is 0.333. The van der Waals surface area contributed by atoms with E-state index in [2.05, 4.69) is 19.2 Å². The van der Waals surface area contributed by atoms with Gasteiger partial charge >= 0.3 is 0 Å². The summed E-state index contributed by atoms with van der Waals surface area (Å²) in [7, 11) is 1.58. The van der Waals surface area contributed by atoms with E-state index in [1.165, 1.54) is 6.08 Å². The molecule has 1 N–H and O–H groups in total. The molecule has 0 aromatic heterocycles. The first-order valence-corrected chi connectivity index (χ1v) is 10.6. The summed E-state index contributed by atoms with van der Waals surface area (Å²) in [5.74, 6) is 1.43. The quantitative estimate of drug-likeness (QED) is 0.573. The number of hydrogen-bond acceptors (Lipinski definition) is 4. The zero-order valence-corrected chi connectivity index (χ0v) is 18.7. The average molecular weight is 443 g/mol. The van der Waals surface area contributed by atoms with E-state index in [9.17, 15) is 9.59 Å². The fourth-order valence-electron chi connectivity index (χ4n) is 3.21. The highest BCUT2D eigenvalue weighted by Crippen LogP contribution is 2.31. The van der Waals surface area contributed by atoms with Gasteiger partial charge in [-0.1, -0.05) is 31.5 Å². The number of methoxy groups -OCH3 is 1. The first-order valence-electron chi connectivity index (χ1n) is 10.3. The lowest BCUT2D eigenvalue weighted by atomic mass is 10.2. The first kappa shape index (κ1) is 22.7. The Bertz CT molecular complexity index is 988. The van der Waals surface area contributed by atoms with Crippen molar-refractivity contribution in [2.24, 2.45) is 5.92 Å².